The lowest BCUT2D eigenvalue weighted by molar-refractivity contribution is 0.273. The molecule has 60 valence electrons. The molecule has 1 aromatic rings. The number of aromatic nitrogens is 2. The highest BCUT2D eigenvalue weighted by Crippen LogP contribution is 1.96. The maximum atomic E-state index is 5.46. The van der Waals surface area contributed by atoms with E-state index in [0.29, 0.717) is 12.6 Å². The quantitative estimate of drug-likeness (QED) is 0.674. The smallest absolute Gasteiger partial charge is 0.316 e. The Morgan fingerprint density at radius 3 is 2.73 bits per heavy atom. The van der Waals surface area contributed by atoms with E-state index in [0.717, 1.165) is 0 Å². The van der Waals surface area contributed by atoms with E-state index in [1.807, 2.05) is 6.92 Å². The lowest BCUT2D eigenvalue weighted by atomic mass is 10.4. The minimum absolute atomic E-state index is 0.0128. The Balaban J connectivity index is 2.39. The van der Waals surface area contributed by atoms with Crippen molar-refractivity contribution in [2.75, 3.05) is 6.61 Å². The largest absolute Gasteiger partial charge is 0.462 e. The minimum atomic E-state index is 0.0128. The fraction of sp³-hybridized carbons (Fsp3) is 0.429. The summed E-state index contributed by atoms with van der Waals surface area (Å²) in [7, 11) is 0. The van der Waals surface area contributed by atoms with Crippen LogP contribution in [0.15, 0.2) is 18.5 Å². The molecule has 0 fully saturated rings. The topological polar surface area (TPSA) is 61.0 Å². The average Bonchev–Trinajstić information content (AvgIpc) is 2.03. The summed E-state index contributed by atoms with van der Waals surface area (Å²) in [5.74, 6) is 0. The van der Waals surface area contributed by atoms with Crippen molar-refractivity contribution < 1.29 is 4.74 Å². The van der Waals surface area contributed by atoms with Crippen LogP contribution < -0.4 is 10.5 Å². The molecule has 1 heterocycles. The van der Waals surface area contributed by atoms with Crippen molar-refractivity contribution in [3.05, 3.63) is 18.5 Å². The molecule has 0 aliphatic carbocycles. The fourth-order valence-corrected chi connectivity index (χ4v) is 0.566. The van der Waals surface area contributed by atoms with E-state index in [2.05, 4.69) is 9.97 Å². The normalized spacial score (nSPS) is 12.5. The molecule has 1 rings (SSSR count). The van der Waals surface area contributed by atoms with E-state index in [1.165, 1.54) is 0 Å². The zero-order valence-electron chi connectivity index (χ0n) is 6.40. The predicted octanol–water partition coefficient (Wildman–Crippen LogP) is 0.203. The summed E-state index contributed by atoms with van der Waals surface area (Å²) in [4.78, 5) is 7.72. The summed E-state index contributed by atoms with van der Waals surface area (Å²) in [6.07, 6.45) is 3.26. The molecule has 1 atom stereocenters. The molecule has 0 spiro atoms. The SMILES string of the molecule is CC(N)COc1ncccn1. The molecule has 0 aliphatic heterocycles. The Morgan fingerprint density at radius 2 is 2.18 bits per heavy atom. The minimum Gasteiger partial charge on any atom is -0.462 e. The first kappa shape index (κ1) is 7.94. The van der Waals surface area contributed by atoms with Crippen LogP contribution in [0.5, 0.6) is 6.01 Å². The molecule has 0 aliphatic rings. The molecule has 0 aromatic carbocycles. The summed E-state index contributed by atoms with van der Waals surface area (Å²) in [5.41, 5.74) is 5.46. The molecule has 0 saturated carbocycles. The van der Waals surface area contributed by atoms with Crippen molar-refractivity contribution >= 4 is 0 Å². The second-order valence-corrected chi connectivity index (χ2v) is 2.32. The lowest BCUT2D eigenvalue weighted by Crippen LogP contribution is -2.24. The third kappa shape index (κ3) is 2.95. The van der Waals surface area contributed by atoms with Crippen LogP contribution in [0.25, 0.3) is 0 Å². The summed E-state index contributed by atoms with van der Waals surface area (Å²) < 4.78 is 5.12. The first-order chi connectivity index (χ1) is 5.29. The first-order valence-electron chi connectivity index (χ1n) is 3.44. The van der Waals surface area contributed by atoms with Gasteiger partial charge >= 0.3 is 6.01 Å². The van der Waals surface area contributed by atoms with Gasteiger partial charge in [-0.05, 0) is 13.0 Å². The number of hydrogen-bond acceptors (Lipinski definition) is 4. The van der Waals surface area contributed by atoms with Crippen LogP contribution in [0.1, 0.15) is 6.92 Å². The number of hydrogen-bond donors (Lipinski definition) is 1. The van der Waals surface area contributed by atoms with Gasteiger partial charge in [-0.3, -0.25) is 0 Å². The number of nitrogens with zero attached hydrogens (tertiary/aromatic N) is 2. The summed E-state index contributed by atoms with van der Waals surface area (Å²) in [5, 5.41) is 0. The van der Waals surface area contributed by atoms with Gasteiger partial charge in [-0.25, -0.2) is 9.97 Å². The van der Waals surface area contributed by atoms with E-state index in [1.54, 1.807) is 18.5 Å². The fourth-order valence-electron chi connectivity index (χ4n) is 0.566. The number of nitrogens with two attached hydrogens (primary N) is 1. The van der Waals surface area contributed by atoms with Crippen LogP contribution in [0.3, 0.4) is 0 Å². The average molecular weight is 153 g/mol. The molecule has 4 heteroatoms. The third-order valence-corrected chi connectivity index (χ3v) is 1.02. The van der Waals surface area contributed by atoms with Crippen molar-refractivity contribution in [1.82, 2.24) is 9.97 Å². The molecule has 2 N–H and O–H groups in total. The summed E-state index contributed by atoms with van der Waals surface area (Å²) in [6.45, 7) is 2.31. The molecule has 0 saturated heterocycles. The second kappa shape index (κ2) is 3.88. The van der Waals surface area contributed by atoms with Gasteiger partial charge in [0, 0.05) is 18.4 Å². The first-order valence-corrected chi connectivity index (χ1v) is 3.44. The predicted molar refractivity (Wildman–Crippen MR) is 41.2 cm³/mol. The molecule has 0 bridgehead atoms. The Hall–Kier alpha value is -1.16. The zero-order chi connectivity index (χ0) is 8.10. The van der Waals surface area contributed by atoms with Crippen molar-refractivity contribution in [1.29, 1.82) is 0 Å². The van der Waals surface area contributed by atoms with E-state index in [-0.39, 0.29) is 6.04 Å². The van der Waals surface area contributed by atoms with Crippen LogP contribution in [0, 0.1) is 0 Å². The van der Waals surface area contributed by atoms with Gasteiger partial charge in [0.25, 0.3) is 0 Å². The molecule has 1 aromatic heterocycles. The van der Waals surface area contributed by atoms with Gasteiger partial charge in [-0.15, -0.1) is 0 Å². The summed E-state index contributed by atoms with van der Waals surface area (Å²) in [6, 6.07) is 2.13. The standard InChI is InChI=1S/C7H11N3O/c1-6(8)5-11-7-9-3-2-4-10-7/h2-4,6H,5,8H2,1H3. The van der Waals surface area contributed by atoms with Gasteiger partial charge in [-0.1, -0.05) is 0 Å². The maximum Gasteiger partial charge on any atom is 0.316 e. The van der Waals surface area contributed by atoms with Crippen molar-refractivity contribution in [2.24, 2.45) is 5.73 Å². The van der Waals surface area contributed by atoms with Crippen molar-refractivity contribution in [3.63, 3.8) is 0 Å². The molecular weight excluding hydrogens is 142 g/mol. The molecule has 0 radical (unpaired) electrons. The van der Waals surface area contributed by atoms with E-state index >= 15 is 0 Å². The van der Waals surface area contributed by atoms with Crippen LogP contribution >= 0.6 is 0 Å². The van der Waals surface area contributed by atoms with Gasteiger partial charge in [0.2, 0.25) is 0 Å². The highest BCUT2D eigenvalue weighted by molar-refractivity contribution is 4.93. The Kier molecular flexibility index (Phi) is 2.80. The van der Waals surface area contributed by atoms with Gasteiger partial charge in [0.15, 0.2) is 0 Å². The van der Waals surface area contributed by atoms with Crippen LogP contribution in [-0.4, -0.2) is 22.6 Å². The van der Waals surface area contributed by atoms with E-state index in [9.17, 15) is 0 Å². The Morgan fingerprint density at radius 1 is 1.55 bits per heavy atom. The van der Waals surface area contributed by atoms with Gasteiger partial charge in [-0.2, -0.15) is 0 Å². The van der Waals surface area contributed by atoms with Crippen molar-refractivity contribution in [2.45, 2.75) is 13.0 Å². The number of ether oxygens (including phenoxy) is 1. The van der Waals surface area contributed by atoms with Gasteiger partial charge in [0.1, 0.15) is 6.61 Å². The lowest BCUT2D eigenvalue weighted by Gasteiger charge is -2.05. The molecule has 11 heavy (non-hydrogen) atoms. The molecular formula is C7H11N3O. The Bertz CT molecular complexity index is 200. The maximum absolute atomic E-state index is 5.46. The third-order valence-electron chi connectivity index (χ3n) is 1.02. The van der Waals surface area contributed by atoms with Crippen molar-refractivity contribution in [3.8, 4) is 6.01 Å². The highest BCUT2D eigenvalue weighted by atomic mass is 16.5. The highest BCUT2D eigenvalue weighted by Gasteiger charge is 1.96. The van der Waals surface area contributed by atoms with Gasteiger partial charge < -0.3 is 10.5 Å². The molecule has 1 unspecified atom stereocenters. The number of rotatable bonds is 3. The Labute approximate surface area is 65.4 Å². The monoisotopic (exact) mass is 153 g/mol. The van der Waals surface area contributed by atoms with Crippen LogP contribution in [-0.2, 0) is 0 Å². The van der Waals surface area contributed by atoms with Crippen LogP contribution in [0.2, 0.25) is 0 Å². The second-order valence-electron chi connectivity index (χ2n) is 2.32. The van der Waals surface area contributed by atoms with Gasteiger partial charge in [0.05, 0.1) is 0 Å². The zero-order valence-corrected chi connectivity index (χ0v) is 6.40. The summed E-state index contributed by atoms with van der Waals surface area (Å²) >= 11 is 0. The van der Waals surface area contributed by atoms with E-state index < -0.39 is 0 Å². The molecule has 0 amide bonds. The molecule has 4 nitrogen and oxygen atoms in total. The van der Waals surface area contributed by atoms with Crippen LogP contribution in [0.4, 0.5) is 0 Å². The van der Waals surface area contributed by atoms with E-state index in [4.69, 9.17) is 10.5 Å².